The molecule has 0 aliphatic carbocycles. The third-order valence-electron chi connectivity index (χ3n) is 3.92. The van der Waals surface area contributed by atoms with Gasteiger partial charge in [0.1, 0.15) is 0 Å². The van der Waals surface area contributed by atoms with E-state index in [1.54, 1.807) is 30.3 Å². The van der Waals surface area contributed by atoms with Gasteiger partial charge in [0.25, 0.3) is 0 Å². The second-order valence-corrected chi connectivity index (χ2v) is 8.86. The van der Waals surface area contributed by atoms with E-state index < -0.39 is 10.0 Å². The van der Waals surface area contributed by atoms with Gasteiger partial charge in [-0.15, -0.1) is 0 Å². The molecule has 3 rings (SSSR count). The van der Waals surface area contributed by atoms with Crippen LogP contribution in [0, 0.1) is 0 Å². The van der Waals surface area contributed by atoms with Gasteiger partial charge in [0.05, 0.1) is 11.9 Å². The molecule has 9 heteroatoms. The van der Waals surface area contributed by atoms with Gasteiger partial charge < -0.3 is 14.8 Å². The van der Waals surface area contributed by atoms with E-state index in [1.807, 2.05) is 12.1 Å². The number of carbonyl (C=O) groups is 1. The number of benzene rings is 2. The van der Waals surface area contributed by atoms with Crippen molar-refractivity contribution in [2.75, 3.05) is 29.2 Å². The first-order valence-corrected chi connectivity index (χ1v) is 10.9. The van der Waals surface area contributed by atoms with E-state index >= 15 is 0 Å². The maximum absolute atomic E-state index is 12.2. The Morgan fingerprint density at radius 3 is 2.70 bits per heavy atom. The molecule has 1 aliphatic rings. The summed E-state index contributed by atoms with van der Waals surface area (Å²) in [5.74, 6) is 0.918. The fraction of sp³-hybridized carbons (Fsp3) is 0.278. The number of fused-ring (bicyclic) bond motifs is 1. The minimum atomic E-state index is -3.50. The molecule has 0 aromatic heterocycles. The number of amides is 1. The fourth-order valence-electron chi connectivity index (χ4n) is 2.70. The SMILES string of the molecule is CS(=O)(=O)N(CCCC(=O)Nc1cccc(Br)c1)c1ccc2c(c1)OCO2. The van der Waals surface area contributed by atoms with Gasteiger partial charge in [0.15, 0.2) is 11.5 Å². The average Bonchev–Trinajstić information content (AvgIpc) is 3.05. The molecule has 144 valence electrons. The van der Waals surface area contributed by atoms with E-state index in [0.717, 1.165) is 10.7 Å². The molecule has 1 N–H and O–H groups in total. The summed E-state index contributed by atoms with van der Waals surface area (Å²) in [6.07, 6.45) is 1.71. The average molecular weight is 455 g/mol. The van der Waals surface area contributed by atoms with Gasteiger partial charge in [-0.1, -0.05) is 22.0 Å². The highest BCUT2D eigenvalue weighted by atomic mass is 79.9. The van der Waals surface area contributed by atoms with Crippen LogP contribution in [0.2, 0.25) is 0 Å². The maximum atomic E-state index is 12.2. The van der Waals surface area contributed by atoms with E-state index in [9.17, 15) is 13.2 Å². The molecule has 2 aromatic rings. The van der Waals surface area contributed by atoms with E-state index in [2.05, 4.69) is 21.2 Å². The molecule has 0 saturated carbocycles. The maximum Gasteiger partial charge on any atom is 0.232 e. The standard InChI is InChI=1S/C18H19BrN2O5S/c1-27(23,24)21(15-7-8-16-17(11-15)26-12-25-16)9-3-6-18(22)20-14-5-2-4-13(19)10-14/h2,4-5,7-8,10-11H,3,6,9,12H2,1H3,(H,20,22). The summed E-state index contributed by atoms with van der Waals surface area (Å²) >= 11 is 3.35. The molecule has 1 heterocycles. The van der Waals surface area contributed by atoms with Crippen molar-refractivity contribution >= 4 is 43.2 Å². The highest BCUT2D eigenvalue weighted by molar-refractivity contribution is 9.10. The summed E-state index contributed by atoms with van der Waals surface area (Å²) in [6, 6.07) is 12.2. The monoisotopic (exact) mass is 454 g/mol. The zero-order valence-corrected chi connectivity index (χ0v) is 17.0. The van der Waals surface area contributed by atoms with Crippen molar-refractivity contribution in [1.29, 1.82) is 0 Å². The lowest BCUT2D eigenvalue weighted by molar-refractivity contribution is -0.116. The van der Waals surface area contributed by atoms with Gasteiger partial charge in [-0.05, 0) is 36.8 Å². The summed E-state index contributed by atoms with van der Waals surface area (Å²) in [6.45, 7) is 0.303. The number of rotatable bonds is 7. The first-order valence-electron chi connectivity index (χ1n) is 8.26. The summed E-state index contributed by atoms with van der Waals surface area (Å²) < 4.78 is 37.1. The topological polar surface area (TPSA) is 84.9 Å². The third-order valence-corrected chi connectivity index (χ3v) is 5.61. The molecule has 0 radical (unpaired) electrons. The third kappa shape index (κ3) is 5.14. The molecular formula is C18H19BrN2O5S. The molecule has 0 unspecified atom stereocenters. The number of anilines is 2. The summed E-state index contributed by atoms with van der Waals surface area (Å²) in [5, 5.41) is 2.80. The number of ether oxygens (including phenoxy) is 2. The van der Waals surface area contributed by atoms with Gasteiger partial charge in [0, 0.05) is 29.2 Å². The molecule has 0 fully saturated rings. The predicted molar refractivity (Wildman–Crippen MR) is 107 cm³/mol. The molecule has 0 spiro atoms. The Balaban J connectivity index is 1.62. The second kappa shape index (κ2) is 8.18. The Hall–Kier alpha value is -2.26. The van der Waals surface area contributed by atoms with Crippen LogP contribution in [0.5, 0.6) is 11.5 Å². The van der Waals surface area contributed by atoms with Crippen molar-refractivity contribution in [2.45, 2.75) is 12.8 Å². The minimum Gasteiger partial charge on any atom is -0.454 e. The fourth-order valence-corrected chi connectivity index (χ4v) is 4.06. The largest absolute Gasteiger partial charge is 0.454 e. The molecule has 1 aliphatic heterocycles. The molecular weight excluding hydrogens is 436 g/mol. The van der Waals surface area contributed by atoms with Crippen LogP contribution in [0.1, 0.15) is 12.8 Å². The summed E-state index contributed by atoms with van der Waals surface area (Å²) in [4.78, 5) is 12.1. The number of halogens is 1. The van der Waals surface area contributed by atoms with Crippen LogP contribution in [-0.4, -0.2) is 33.9 Å². The van der Waals surface area contributed by atoms with Crippen molar-refractivity contribution in [3.05, 3.63) is 46.9 Å². The lowest BCUT2D eigenvalue weighted by Gasteiger charge is -2.22. The molecule has 0 saturated heterocycles. The Kier molecular flexibility index (Phi) is 5.91. The highest BCUT2D eigenvalue weighted by Crippen LogP contribution is 2.36. The molecule has 0 bridgehead atoms. The van der Waals surface area contributed by atoms with Crippen LogP contribution in [-0.2, 0) is 14.8 Å². The molecule has 0 atom stereocenters. The zero-order valence-electron chi connectivity index (χ0n) is 14.6. The Morgan fingerprint density at radius 2 is 1.96 bits per heavy atom. The van der Waals surface area contributed by atoms with Crippen molar-refractivity contribution in [3.8, 4) is 11.5 Å². The molecule has 1 amide bonds. The lowest BCUT2D eigenvalue weighted by atomic mass is 10.2. The normalized spacial score (nSPS) is 12.7. The van der Waals surface area contributed by atoms with Gasteiger partial charge in [-0.2, -0.15) is 0 Å². The first-order chi connectivity index (χ1) is 12.8. The Labute approximate surface area is 166 Å². The Morgan fingerprint density at radius 1 is 1.19 bits per heavy atom. The summed E-state index contributed by atoms with van der Waals surface area (Å²) in [5.41, 5.74) is 1.17. The van der Waals surface area contributed by atoms with Crippen molar-refractivity contribution in [1.82, 2.24) is 0 Å². The van der Waals surface area contributed by atoms with E-state index in [4.69, 9.17) is 9.47 Å². The van der Waals surface area contributed by atoms with Gasteiger partial charge in [-0.25, -0.2) is 8.42 Å². The molecule has 2 aromatic carbocycles. The lowest BCUT2D eigenvalue weighted by Crippen LogP contribution is -2.31. The highest BCUT2D eigenvalue weighted by Gasteiger charge is 2.21. The number of nitrogens with zero attached hydrogens (tertiary/aromatic N) is 1. The number of hydrogen-bond acceptors (Lipinski definition) is 5. The smallest absolute Gasteiger partial charge is 0.232 e. The molecule has 27 heavy (non-hydrogen) atoms. The van der Waals surface area contributed by atoms with Crippen molar-refractivity contribution < 1.29 is 22.7 Å². The van der Waals surface area contributed by atoms with Crippen molar-refractivity contribution in [2.24, 2.45) is 0 Å². The molecule has 7 nitrogen and oxygen atoms in total. The number of carbonyl (C=O) groups excluding carboxylic acids is 1. The van der Waals surface area contributed by atoms with Gasteiger partial charge in [-0.3, -0.25) is 9.10 Å². The van der Waals surface area contributed by atoms with Crippen LogP contribution in [0.15, 0.2) is 46.9 Å². The van der Waals surface area contributed by atoms with Crippen LogP contribution >= 0.6 is 15.9 Å². The second-order valence-electron chi connectivity index (χ2n) is 6.03. The van der Waals surface area contributed by atoms with Crippen LogP contribution < -0.4 is 19.1 Å². The van der Waals surface area contributed by atoms with Crippen LogP contribution in [0.3, 0.4) is 0 Å². The first kappa shape index (κ1) is 19.5. The number of sulfonamides is 1. The number of hydrogen-bond donors (Lipinski definition) is 1. The number of nitrogens with one attached hydrogen (secondary N) is 1. The zero-order chi connectivity index (χ0) is 19.4. The van der Waals surface area contributed by atoms with E-state index in [-0.39, 0.29) is 25.7 Å². The van der Waals surface area contributed by atoms with E-state index in [1.165, 1.54) is 4.31 Å². The minimum absolute atomic E-state index is 0.118. The van der Waals surface area contributed by atoms with Crippen molar-refractivity contribution in [3.63, 3.8) is 0 Å². The van der Waals surface area contributed by atoms with Crippen LogP contribution in [0.4, 0.5) is 11.4 Å². The van der Waals surface area contributed by atoms with Gasteiger partial charge in [0.2, 0.25) is 22.7 Å². The van der Waals surface area contributed by atoms with Gasteiger partial charge >= 0.3 is 0 Å². The quantitative estimate of drug-likeness (QED) is 0.692. The Bertz CT molecular complexity index is 949. The predicted octanol–water partition coefficient (Wildman–Crippen LogP) is 3.36. The van der Waals surface area contributed by atoms with Crippen LogP contribution in [0.25, 0.3) is 0 Å². The summed E-state index contributed by atoms with van der Waals surface area (Å²) in [7, 11) is -3.50. The van der Waals surface area contributed by atoms with E-state index in [0.29, 0.717) is 29.3 Å².